The van der Waals surface area contributed by atoms with Crippen LogP contribution in [0.25, 0.3) is 0 Å². The van der Waals surface area contributed by atoms with Crippen LogP contribution in [0.2, 0.25) is 0 Å². The molecule has 0 amide bonds. The molecule has 0 aromatic carbocycles. The number of nitrogens with zero attached hydrogens (tertiary/aromatic N) is 2. The predicted molar refractivity (Wildman–Crippen MR) is 92.0 cm³/mol. The summed E-state index contributed by atoms with van der Waals surface area (Å²) in [7, 11) is 0. The lowest BCUT2D eigenvalue weighted by Gasteiger charge is -2.31. The molecule has 2 rings (SSSR count). The van der Waals surface area contributed by atoms with Crippen molar-refractivity contribution in [1.82, 2.24) is 9.55 Å². The Labute approximate surface area is 167 Å². The summed E-state index contributed by atoms with van der Waals surface area (Å²) in [6.45, 7) is -1.91. The van der Waals surface area contributed by atoms with Gasteiger partial charge in [0.05, 0.1) is 13.2 Å². The number of aromatic nitrogens is 2. The standard InChI is InChI=1S/C9H13N3O5.C6H10F2O5/c10-5-1-2-12(9(16)11-5)8-7(15)6(14)4(3-13)17-8;7-5(8)6(13,2-10)4(12)3(11)1-9/h1-2,4,6-8,13-15H,3H2,(H2,10,11,16);1,3-5,10-13H,2H2/t4-,6-,7-,8-;/m1./s1. The van der Waals surface area contributed by atoms with Crippen molar-refractivity contribution in [3.8, 4) is 0 Å². The van der Waals surface area contributed by atoms with Crippen molar-refractivity contribution in [3.63, 3.8) is 0 Å². The predicted octanol–water partition coefficient (Wildman–Crippen LogP) is -4.67. The van der Waals surface area contributed by atoms with Gasteiger partial charge in [-0.15, -0.1) is 0 Å². The van der Waals surface area contributed by atoms with E-state index in [0.717, 1.165) is 4.57 Å². The Bertz CT molecular complexity index is 754. The molecule has 1 aromatic rings. The summed E-state index contributed by atoms with van der Waals surface area (Å²) in [6, 6.07) is 1.37. The van der Waals surface area contributed by atoms with E-state index in [1.54, 1.807) is 0 Å². The molecule has 1 aromatic heterocycles. The zero-order chi connectivity index (χ0) is 23.2. The Morgan fingerprint density at radius 2 is 1.90 bits per heavy atom. The molecule has 3 unspecified atom stereocenters. The average molecular weight is 443 g/mol. The number of ether oxygens (including phenoxy) is 1. The summed E-state index contributed by atoms with van der Waals surface area (Å²) in [6.07, 6.45) is -11.5. The summed E-state index contributed by atoms with van der Waals surface area (Å²) in [5.74, 6) is 0.0537. The number of hydrogen-bond acceptors (Lipinski definition) is 12. The minimum atomic E-state index is -3.47. The van der Waals surface area contributed by atoms with Crippen molar-refractivity contribution in [3.05, 3.63) is 22.7 Å². The lowest BCUT2D eigenvalue weighted by Crippen LogP contribution is -2.57. The average Bonchev–Trinajstić information content (AvgIpc) is 3.00. The number of nitrogens with two attached hydrogens (primary N) is 1. The molecule has 172 valence electrons. The third-order valence-electron chi connectivity index (χ3n) is 4.25. The van der Waals surface area contributed by atoms with E-state index in [4.69, 9.17) is 36.0 Å². The number of rotatable bonds is 7. The van der Waals surface area contributed by atoms with Crippen LogP contribution in [-0.4, -0.2) is 107 Å². The number of aliphatic hydroxyl groups is 7. The molecule has 1 saturated heterocycles. The first kappa shape index (κ1) is 25.9. The largest absolute Gasteiger partial charge is 0.394 e. The van der Waals surface area contributed by atoms with E-state index >= 15 is 0 Å². The zero-order valence-corrected chi connectivity index (χ0v) is 15.3. The van der Waals surface area contributed by atoms with Crippen molar-refractivity contribution in [2.24, 2.45) is 0 Å². The van der Waals surface area contributed by atoms with E-state index < -0.39 is 67.7 Å². The highest BCUT2D eigenvalue weighted by Crippen LogP contribution is 2.28. The Balaban J connectivity index is 0.000000314. The van der Waals surface area contributed by atoms with Gasteiger partial charge in [0.15, 0.2) is 18.1 Å². The number of aliphatic hydroxyl groups excluding tert-OH is 6. The van der Waals surface area contributed by atoms with Gasteiger partial charge in [0.25, 0.3) is 6.43 Å². The highest BCUT2D eigenvalue weighted by molar-refractivity contribution is 5.57. The van der Waals surface area contributed by atoms with Crippen molar-refractivity contribution < 1.29 is 54.1 Å². The molecule has 30 heavy (non-hydrogen) atoms. The van der Waals surface area contributed by atoms with E-state index in [-0.39, 0.29) is 12.1 Å². The molecule has 7 atom stereocenters. The number of aldehydes is 1. The highest BCUT2D eigenvalue weighted by atomic mass is 19.3. The van der Waals surface area contributed by atoms with Crippen LogP contribution in [0.1, 0.15) is 6.23 Å². The van der Waals surface area contributed by atoms with E-state index in [0.29, 0.717) is 0 Å². The molecule has 1 aliphatic heterocycles. The minimum Gasteiger partial charge on any atom is -0.394 e. The molecule has 0 radical (unpaired) electrons. The maximum atomic E-state index is 12.0. The van der Waals surface area contributed by atoms with E-state index in [1.165, 1.54) is 12.3 Å². The van der Waals surface area contributed by atoms with Gasteiger partial charge in [0.2, 0.25) is 0 Å². The van der Waals surface area contributed by atoms with Crippen LogP contribution in [0, 0.1) is 0 Å². The molecule has 15 heteroatoms. The van der Waals surface area contributed by atoms with Gasteiger partial charge in [-0.2, -0.15) is 4.98 Å². The van der Waals surface area contributed by atoms with E-state index in [1.807, 2.05) is 0 Å². The number of carbonyl (C=O) groups excluding carboxylic acids is 1. The number of alkyl halides is 2. The van der Waals surface area contributed by atoms with Gasteiger partial charge in [-0.3, -0.25) is 4.57 Å². The van der Waals surface area contributed by atoms with Crippen molar-refractivity contribution >= 4 is 12.1 Å². The third kappa shape index (κ3) is 5.52. The summed E-state index contributed by atoms with van der Waals surface area (Å²) in [5, 5.41) is 62.9. The maximum absolute atomic E-state index is 12.0. The van der Waals surface area contributed by atoms with Gasteiger partial charge in [0.1, 0.15) is 36.3 Å². The number of nitrogen functional groups attached to an aromatic ring is 1. The number of hydrogen-bond donors (Lipinski definition) is 8. The van der Waals surface area contributed by atoms with Crippen LogP contribution < -0.4 is 11.4 Å². The van der Waals surface area contributed by atoms with Crippen LogP contribution in [0.5, 0.6) is 0 Å². The van der Waals surface area contributed by atoms with Gasteiger partial charge in [0, 0.05) is 6.20 Å². The Kier molecular flexibility index (Phi) is 9.32. The number of anilines is 1. The lowest BCUT2D eigenvalue weighted by atomic mass is 9.94. The fourth-order valence-corrected chi connectivity index (χ4v) is 2.39. The molecule has 1 fully saturated rings. The molecule has 2 heterocycles. The third-order valence-corrected chi connectivity index (χ3v) is 4.25. The van der Waals surface area contributed by atoms with Gasteiger partial charge in [-0.1, -0.05) is 0 Å². The van der Waals surface area contributed by atoms with Crippen LogP contribution >= 0.6 is 0 Å². The van der Waals surface area contributed by atoms with Gasteiger partial charge < -0.3 is 51.0 Å². The molecule has 1 aliphatic rings. The summed E-state index contributed by atoms with van der Waals surface area (Å²) in [4.78, 5) is 24.9. The number of carbonyl (C=O) groups is 1. The second kappa shape index (κ2) is 10.8. The van der Waals surface area contributed by atoms with Crippen LogP contribution in [0.4, 0.5) is 14.6 Å². The first-order valence-electron chi connectivity index (χ1n) is 8.34. The molecular formula is C15H23F2N3O10. The Morgan fingerprint density at radius 3 is 2.30 bits per heavy atom. The van der Waals surface area contributed by atoms with Gasteiger partial charge in [-0.25, -0.2) is 13.6 Å². The monoisotopic (exact) mass is 443 g/mol. The normalized spacial score (nSPS) is 27.7. The van der Waals surface area contributed by atoms with E-state index in [9.17, 15) is 28.6 Å². The molecule has 9 N–H and O–H groups in total. The topological polar surface area (TPSA) is 229 Å². The summed E-state index contributed by atoms with van der Waals surface area (Å²) < 4.78 is 30.3. The van der Waals surface area contributed by atoms with Crippen LogP contribution in [0.15, 0.2) is 17.1 Å². The molecule has 0 bridgehead atoms. The molecule has 0 saturated carbocycles. The van der Waals surface area contributed by atoms with Crippen molar-refractivity contribution in [2.45, 2.75) is 48.8 Å². The molecule has 0 spiro atoms. The van der Waals surface area contributed by atoms with Crippen LogP contribution in [0.3, 0.4) is 0 Å². The fraction of sp³-hybridized carbons (Fsp3) is 0.667. The highest BCUT2D eigenvalue weighted by Gasteiger charge is 2.47. The van der Waals surface area contributed by atoms with Crippen LogP contribution in [-0.2, 0) is 9.53 Å². The maximum Gasteiger partial charge on any atom is 0.351 e. The van der Waals surface area contributed by atoms with Crippen molar-refractivity contribution in [2.75, 3.05) is 18.9 Å². The minimum absolute atomic E-state index is 0.0537. The summed E-state index contributed by atoms with van der Waals surface area (Å²) in [5.41, 5.74) is 1.45. The second-order valence-corrected chi connectivity index (χ2v) is 6.29. The Hall–Kier alpha value is -2.11. The van der Waals surface area contributed by atoms with Gasteiger partial charge in [-0.05, 0) is 6.07 Å². The first-order valence-corrected chi connectivity index (χ1v) is 8.34. The second-order valence-electron chi connectivity index (χ2n) is 6.29. The number of halogens is 2. The zero-order valence-electron chi connectivity index (χ0n) is 15.3. The first-order chi connectivity index (χ1) is 13.9. The SMILES string of the molecule is Nc1ccn([C@@H]2O[C@H](CO)[C@@H](O)[C@H]2O)c(=O)n1.O=CC(O)C(O)C(O)(CO)C(F)F. The van der Waals surface area contributed by atoms with Gasteiger partial charge >= 0.3 is 5.69 Å². The molecule has 13 nitrogen and oxygen atoms in total. The molecule has 0 aliphatic carbocycles. The quantitative estimate of drug-likeness (QED) is 0.186. The Morgan fingerprint density at radius 1 is 1.30 bits per heavy atom. The smallest absolute Gasteiger partial charge is 0.351 e. The van der Waals surface area contributed by atoms with E-state index in [2.05, 4.69) is 4.98 Å². The summed E-state index contributed by atoms with van der Waals surface area (Å²) >= 11 is 0. The molecular weight excluding hydrogens is 420 g/mol. The van der Waals surface area contributed by atoms with Crippen molar-refractivity contribution in [1.29, 1.82) is 0 Å². The lowest BCUT2D eigenvalue weighted by molar-refractivity contribution is -0.203. The fourth-order valence-electron chi connectivity index (χ4n) is 2.39.